The van der Waals surface area contributed by atoms with E-state index in [-0.39, 0.29) is 12.5 Å². The molecule has 29 heavy (non-hydrogen) atoms. The molecule has 0 atom stereocenters. The molecular formula is C23H28N2O3S. The fourth-order valence-electron chi connectivity index (χ4n) is 3.48. The van der Waals surface area contributed by atoms with Gasteiger partial charge in [-0.1, -0.05) is 29.9 Å². The molecule has 154 valence electrons. The van der Waals surface area contributed by atoms with Crippen molar-refractivity contribution in [2.75, 3.05) is 32.1 Å². The van der Waals surface area contributed by atoms with E-state index in [1.54, 1.807) is 7.11 Å². The van der Waals surface area contributed by atoms with Gasteiger partial charge in [0, 0.05) is 24.3 Å². The number of nitrogens with one attached hydrogen (secondary N) is 1. The van der Waals surface area contributed by atoms with Crippen molar-refractivity contribution in [2.45, 2.75) is 33.1 Å². The van der Waals surface area contributed by atoms with E-state index in [1.807, 2.05) is 50.2 Å². The largest absolute Gasteiger partial charge is 0.493 e. The molecule has 0 spiro atoms. The molecule has 0 radical (unpaired) electrons. The van der Waals surface area contributed by atoms with Crippen LogP contribution in [0, 0.1) is 13.8 Å². The minimum atomic E-state index is -0.216. The predicted octanol–water partition coefficient (Wildman–Crippen LogP) is 4.49. The smallest absolute Gasteiger partial charge is 0.262 e. The van der Waals surface area contributed by atoms with Crippen molar-refractivity contribution in [3.8, 4) is 11.5 Å². The zero-order chi connectivity index (χ0) is 20.8. The number of rotatable bonds is 6. The van der Waals surface area contributed by atoms with Gasteiger partial charge in [0.2, 0.25) is 0 Å². The summed E-state index contributed by atoms with van der Waals surface area (Å²) in [4.78, 5) is 15.4. The molecule has 0 saturated carbocycles. The van der Waals surface area contributed by atoms with Gasteiger partial charge in [-0.05, 0) is 62.9 Å². The summed E-state index contributed by atoms with van der Waals surface area (Å²) in [5.74, 6) is 0.876. The summed E-state index contributed by atoms with van der Waals surface area (Å²) in [6, 6.07) is 11.5. The third-order valence-electron chi connectivity index (χ3n) is 5.07. The Hall–Kier alpha value is -2.60. The second-order valence-electron chi connectivity index (χ2n) is 7.37. The van der Waals surface area contributed by atoms with Crippen molar-refractivity contribution in [1.29, 1.82) is 0 Å². The van der Waals surface area contributed by atoms with Gasteiger partial charge in [-0.3, -0.25) is 4.79 Å². The molecule has 3 rings (SSSR count). The zero-order valence-electron chi connectivity index (χ0n) is 17.3. The Morgan fingerprint density at radius 1 is 1.07 bits per heavy atom. The number of carbonyl (C=O) groups excluding carboxylic acids is 1. The Bertz CT molecular complexity index is 892. The number of nitrogens with zero attached hydrogens (tertiary/aromatic N) is 1. The summed E-state index contributed by atoms with van der Waals surface area (Å²) < 4.78 is 11.2. The van der Waals surface area contributed by atoms with Crippen LogP contribution in [-0.2, 0) is 4.79 Å². The van der Waals surface area contributed by atoms with Gasteiger partial charge < -0.3 is 19.7 Å². The first kappa shape index (κ1) is 21.1. The van der Waals surface area contributed by atoms with Gasteiger partial charge in [0.25, 0.3) is 5.91 Å². The highest BCUT2D eigenvalue weighted by atomic mass is 32.1. The zero-order valence-corrected chi connectivity index (χ0v) is 18.1. The third-order valence-corrected chi connectivity index (χ3v) is 5.56. The number of hydrogen-bond donors (Lipinski definition) is 1. The van der Waals surface area contributed by atoms with Crippen LogP contribution in [0.4, 0.5) is 5.69 Å². The monoisotopic (exact) mass is 412 g/mol. The molecule has 1 amide bonds. The number of carbonyl (C=O) groups is 1. The predicted molar refractivity (Wildman–Crippen MR) is 120 cm³/mol. The molecule has 1 aliphatic heterocycles. The number of piperidine rings is 1. The summed E-state index contributed by atoms with van der Waals surface area (Å²) in [5.41, 5.74) is 3.90. The van der Waals surface area contributed by atoms with Crippen molar-refractivity contribution in [2.24, 2.45) is 0 Å². The molecule has 1 heterocycles. The van der Waals surface area contributed by atoms with Gasteiger partial charge in [-0.2, -0.15) is 0 Å². The Labute approximate surface area is 178 Å². The molecule has 1 aliphatic rings. The van der Waals surface area contributed by atoms with E-state index in [9.17, 15) is 4.79 Å². The van der Waals surface area contributed by atoms with Crippen LogP contribution in [0.25, 0.3) is 0 Å². The molecule has 0 bridgehead atoms. The van der Waals surface area contributed by atoms with E-state index in [0.717, 1.165) is 40.5 Å². The van der Waals surface area contributed by atoms with Crippen LogP contribution in [0.2, 0.25) is 0 Å². The highest BCUT2D eigenvalue weighted by Gasteiger charge is 2.17. The molecule has 0 aromatic heterocycles. The van der Waals surface area contributed by atoms with E-state index in [2.05, 4.69) is 10.2 Å². The molecule has 1 fully saturated rings. The second-order valence-corrected chi connectivity index (χ2v) is 7.76. The van der Waals surface area contributed by atoms with E-state index < -0.39 is 0 Å². The van der Waals surface area contributed by atoms with Gasteiger partial charge >= 0.3 is 0 Å². The van der Waals surface area contributed by atoms with Crippen LogP contribution in [0.3, 0.4) is 0 Å². The Morgan fingerprint density at radius 2 is 1.83 bits per heavy atom. The number of ether oxygens (including phenoxy) is 2. The maximum absolute atomic E-state index is 12.3. The van der Waals surface area contributed by atoms with E-state index in [1.165, 1.54) is 19.3 Å². The lowest BCUT2D eigenvalue weighted by molar-refractivity contribution is -0.118. The number of amides is 1. The van der Waals surface area contributed by atoms with Gasteiger partial charge in [0.15, 0.2) is 18.1 Å². The molecule has 0 unspecified atom stereocenters. The van der Waals surface area contributed by atoms with Crippen LogP contribution < -0.4 is 14.8 Å². The van der Waals surface area contributed by atoms with Crippen molar-refractivity contribution in [1.82, 2.24) is 4.90 Å². The number of anilines is 1. The first-order valence-electron chi connectivity index (χ1n) is 9.95. The lowest BCUT2D eigenvalue weighted by atomic mass is 10.1. The van der Waals surface area contributed by atoms with Crippen LogP contribution in [0.15, 0.2) is 36.4 Å². The molecule has 6 heteroatoms. The van der Waals surface area contributed by atoms with Crippen LogP contribution in [-0.4, -0.2) is 42.6 Å². The number of likely N-dealkylation sites (tertiary alicyclic amines) is 1. The second kappa shape index (κ2) is 9.74. The fraction of sp³-hybridized carbons (Fsp3) is 0.391. The minimum absolute atomic E-state index is 0.0976. The standard InChI is InChI=1S/C23H28N2O3S/c1-16-7-9-19(17(2)13-16)24-22(26)15-28-20-10-8-18(14-21(20)27-3)23(29)25-11-5-4-6-12-25/h7-10,13-14H,4-6,11-12,15H2,1-3H3,(H,24,26). The Kier molecular flexibility index (Phi) is 7.09. The summed E-state index contributed by atoms with van der Waals surface area (Å²) in [7, 11) is 1.59. The van der Waals surface area contributed by atoms with Crippen LogP contribution >= 0.6 is 12.2 Å². The Balaban J connectivity index is 1.62. The minimum Gasteiger partial charge on any atom is -0.493 e. The molecule has 5 nitrogen and oxygen atoms in total. The molecule has 0 aliphatic carbocycles. The maximum Gasteiger partial charge on any atom is 0.262 e. The average Bonchev–Trinajstić information content (AvgIpc) is 2.74. The van der Waals surface area contributed by atoms with Crippen molar-refractivity contribution in [3.63, 3.8) is 0 Å². The first-order chi connectivity index (χ1) is 14.0. The molecule has 2 aromatic rings. The van der Waals surface area contributed by atoms with E-state index in [4.69, 9.17) is 21.7 Å². The summed E-state index contributed by atoms with van der Waals surface area (Å²) in [6.07, 6.45) is 3.61. The van der Waals surface area contributed by atoms with Gasteiger partial charge in [0.05, 0.1) is 7.11 Å². The first-order valence-corrected chi connectivity index (χ1v) is 10.4. The van der Waals surface area contributed by atoms with Crippen molar-refractivity contribution < 1.29 is 14.3 Å². The average molecular weight is 413 g/mol. The Morgan fingerprint density at radius 3 is 2.52 bits per heavy atom. The highest BCUT2D eigenvalue weighted by Crippen LogP contribution is 2.29. The van der Waals surface area contributed by atoms with Gasteiger partial charge in [-0.15, -0.1) is 0 Å². The SMILES string of the molecule is COc1cc(C(=S)N2CCCCC2)ccc1OCC(=O)Nc1ccc(C)cc1C. The number of hydrogen-bond acceptors (Lipinski definition) is 4. The summed E-state index contributed by atoms with van der Waals surface area (Å²) in [5, 5.41) is 2.89. The quantitative estimate of drug-likeness (QED) is 0.709. The third kappa shape index (κ3) is 5.48. The number of benzene rings is 2. The van der Waals surface area contributed by atoms with Crippen molar-refractivity contribution in [3.05, 3.63) is 53.1 Å². The molecule has 1 N–H and O–H groups in total. The van der Waals surface area contributed by atoms with Crippen LogP contribution in [0.1, 0.15) is 36.0 Å². The molecule has 1 saturated heterocycles. The van der Waals surface area contributed by atoms with Crippen molar-refractivity contribution >= 4 is 28.8 Å². The van der Waals surface area contributed by atoms with E-state index >= 15 is 0 Å². The normalized spacial score (nSPS) is 13.7. The number of thiocarbonyl (C=S) groups is 1. The maximum atomic E-state index is 12.3. The van der Waals surface area contributed by atoms with Crippen LogP contribution in [0.5, 0.6) is 11.5 Å². The van der Waals surface area contributed by atoms with Gasteiger partial charge in [-0.25, -0.2) is 0 Å². The van der Waals surface area contributed by atoms with E-state index in [0.29, 0.717) is 11.5 Å². The summed E-state index contributed by atoms with van der Waals surface area (Å²) in [6.45, 7) is 5.89. The lowest BCUT2D eigenvalue weighted by Gasteiger charge is -2.29. The topological polar surface area (TPSA) is 50.8 Å². The fourth-order valence-corrected chi connectivity index (χ4v) is 3.79. The lowest BCUT2D eigenvalue weighted by Crippen LogP contribution is -2.34. The highest BCUT2D eigenvalue weighted by molar-refractivity contribution is 7.80. The van der Waals surface area contributed by atoms with Gasteiger partial charge in [0.1, 0.15) is 4.99 Å². The number of methoxy groups -OCH3 is 1. The molecule has 2 aromatic carbocycles. The number of aryl methyl sites for hydroxylation is 2. The molecular weight excluding hydrogens is 384 g/mol. The summed E-state index contributed by atoms with van der Waals surface area (Å²) >= 11 is 5.66.